The number of benzene rings is 2. The van der Waals surface area contributed by atoms with Gasteiger partial charge < -0.3 is 14.5 Å². The summed E-state index contributed by atoms with van der Waals surface area (Å²) in [6, 6.07) is 8.26. The molecule has 2 aliphatic rings. The number of aromatic amines is 1. The quantitative estimate of drug-likeness (QED) is 0.265. The minimum atomic E-state index is -1.03. The van der Waals surface area contributed by atoms with Gasteiger partial charge in [-0.15, -0.1) is 0 Å². The highest BCUT2D eigenvalue weighted by molar-refractivity contribution is 8.01. The summed E-state index contributed by atoms with van der Waals surface area (Å²) in [5, 5.41) is -0.220. The Hall–Kier alpha value is -2.29. The second kappa shape index (κ2) is 10.2. The predicted octanol–water partition coefficient (Wildman–Crippen LogP) is 6.56. The van der Waals surface area contributed by atoms with Crippen molar-refractivity contribution in [1.29, 1.82) is 0 Å². The number of ketones is 1. The molecule has 1 aromatic heterocycles. The van der Waals surface area contributed by atoms with E-state index < -0.39 is 22.6 Å². The van der Waals surface area contributed by atoms with Crippen molar-refractivity contribution < 1.29 is 23.5 Å². The molecule has 1 aliphatic carbocycles. The van der Waals surface area contributed by atoms with Crippen molar-refractivity contribution in [2.45, 2.75) is 61.0 Å². The molecular weight excluding hydrogens is 526 g/mol. The van der Waals surface area contributed by atoms with E-state index in [1.165, 1.54) is 12.1 Å². The molecule has 1 aliphatic heterocycles. The highest BCUT2D eigenvalue weighted by Crippen LogP contribution is 2.46. The minimum Gasteiger partial charge on any atom is -0.495 e. The van der Waals surface area contributed by atoms with Crippen LogP contribution in [0.25, 0.3) is 11.0 Å². The molecule has 0 spiro atoms. The number of thioether (sulfide) groups is 1. The van der Waals surface area contributed by atoms with Gasteiger partial charge in [0, 0.05) is 12.5 Å². The van der Waals surface area contributed by atoms with Crippen LogP contribution in [0.2, 0.25) is 10.0 Å². The zero-order valence-corrected chi connectivity index (χ0v) is 21.9. The number of hydrogen-bond acceptors (Lipinski definition) is 6. The van der Waals surface area contributed by atoms with Gasteiger partial charge in [-0.3, -0.25) is 9.59 Å². The summed E-state index contributed by atoms with van der Waals surface area (Å²) in [4.78, 5) is 33.9. The number of carbonyl (C=O) groups excluding carboxylic acids is 2. The summed E-state index contributed by atoms with van der Waals surface area (Å²) in [6.07, 6.45) is 5.29. The second-order valence-corrected chi connectivity index (χ2v) is 11.3. The lowest BCUT2D eigenvalue weighted by Gasteiger charge is -2.42. The van der Waals surface area contributed by atoms with E-state index in [4.69, 9.17) is 32.7 Å². The third kappa shape index (κ3) is 4.95. The topological polar surface area (TPSA) is 81.3 Å². The summed E-state index contributed by atoms with van der Waals surface area (Å²) in [7, 11) is 1.57. The van der Waals surface area contributed by atoms with Gasteiger partial charge in [-0.25, -0.2) is 9.37 Å². The standard InChI is InChI=1S/C26H25Cl2FN2O4S/c1-34-22-7-6-14(10-17(22)28)8-9-26(15-4-2-3-5-15)13-21(32)23(24(33)35-26)36-25-30-19-11-16(27)18(29)12-20(19)31-25/h6-7,10-12,15,23H,2-5,8-9,13H2,1H3,(H,30,31). The number of H-pyrrole nitrogens is 1. The first kappa shape index (κ1) is 25.4. The second-order valence-electron chi connectivity index (χ2n) is 9.40. The predicted molar refractivity (Wildman–Crippen MR) is 137 cm³/mol. The van der Waals surface area contributed by atoms with Gasteiger partial charge in [-0.2, -0.15) is 0 Å². The summed E-state index contributed by atoms with van der Waals surface area (Å²) in [5.74, 6) is -0.569. The van der Waals surface area contributed by atoms with Crippen molar-refractivity contribution in [3.05, 3.63) is 51.8 Å². The first-order chi connectivity index (χ1) is 17.3. The molecule has 2 aromatic carbocycles. The summed E-state index contributed by atoms with van der Waals surface area (Å²) in [6.45, 7) is 0. The Kier molecular flexibility index (Phi) is 7.21. The molecule has 0 bridgehead atoms. The van der Waals surface area contributed by atoms with Crippen molar-refractivity contribution in [1.82, 2.24) is 9.97 Å². The molecule has 1 N–H and O–H groups in total. The van der Waals surface area contributed by atoms with E-state index in [9.17, 15) is 14.0 Å². The van der Waals surface area contributed by atoms with Crippen LogP contribution in [0.1, 0.15) is 44.1 Å². The van der Waals surface area contributed by atoms with Crippen molar-refractivity contribution in [3.8, 4) is 5.75 Å². The monoisotopic (exact) mass is 550 g/mol. The number of imidazole rings is 1. The largest absolute Gasteiger partial charge is 0.495 e. The Morgan fingerprint density at radius 2 is 1.97 bits per heavy atom. The number of nitrogens with zero attached hydrogens (tertiary/aromatic N) is 1. The molecule has 2 unspecified atom stereocenters. The van der Waals surface area contributed by atoms with E-state index in [0.29, 0.717) is 39.8 Å². The van der Waals surface area contributed by atoms with Crippen LogP contribution in [0.4, 0.5) is 4.39 Å². The highest BCUT2D eigenvalue weighted by Gasteiger charge is 2.52. The summed E-state index contributed by atoms with van der Waals surface area (Å²) in [5.41, 5.74) is 1.05. The number of halogens is 3. The fraction of sp³-hybridized carbons (Fsp3) is 0.423. The highest BCUT2D eigenvalue weighted by atomic mass is 35.5. The van der Waals surface area contributed by atoms with E-state index in [0.717, 1.165) is 43.0 Å². The number of hydrogen-bond donors (Lipinski definition) is 1. The molecule has 1 saturated carbocycles. The van der Waals surface area contributed by atoms with Gasteiger partial charge in [0.25, 0.3) is 0 Å². The van der Waals surface area contributed by atoms with Crippen LogP contribution >= 0.6 is 35.0 Å². The van der Waals surface area contributed by atoms with E-state index in [2.05, 4.69) is 9.97 Å². The maximum Gasteiger partial charge on any atom is 0.327 e. The van der Waals surface area contributed by atoms with E-state index >= 15 is 0 Å². The molecule has 3 aromatic rings. The van der Waals surface area contributed by atoms with E-state index in [1.807, 2.05) is 18.2 Å². The Morgan fingerprint density at radius 3 is 2.67 bits per heavy atom. The zero-order chi connectivity index (χ0) is 25.4. The SMILES string of the molecule is COc1ccc(CCC2(C3CCCC3)CC(=O)C(Sc3nc4cc(Cl)c(F)cc4[nH]3)C(=O)O2)cc1Cl. The summed E-state index contributed by atoms with van der Waals surface area (Å²) >= 11 is 13.1. The summed E-state index contributed by atoms with van der Waals surface area (Å²) < 4.78 is 25.2. The Balaban J connectivity index is 1.35. The first-order valence-corrected chi connectivity index (χ1v) is 13.5. The molecule has 6 nitrogen and oxygen atoms in total. The van der Waals surface area contributed by atoms with Crippen molar-refractivity contribution in [2.75, 3.05) is 7.11 Å². The number of fused-ring (bicyclic) bond motifs is 1. The lowest BCUT2D eigenvalue weighted by molar-refractivity contribution is -0.177. The Bertz CT molecular complexity index is 1270. The lowest BCUT2D eigenvalue weighted by atomic mass is 9.76. The molecule has 10 heteroatoms. The molecule has 2 atom stereocenters. The number of methoxy groups -OCH3 is 1. The fourth-order valence-electron chi connectivity index (χ4n) is 5.32. The number of nitrogens with one attached hydrogen (secondary N) is 1. The fourth-order valence-corrected chi connectivity index (χ4v) is 6.66. The molecule has 2 heterocycles. The van der Waals surface area contributed by atoms with Crippen LogP contribution in [-0.2, 0) is 20.7 Å². The van der Waals surface area contributed by atoms with Gasteiger partial charge in [-0.1, -0.05) is 53.9 Å². The number of cyclic esters (lactones) is 1. The molecule has 5 rings (SSSR count). The van der Waals surface area contributed by atoms with Gasteiger partial charge in [0.15, 0.2) is 16.2 Å². The zero-order valence-electron chi connectivity index (χ0n) is 19.6. The van der Waals surface area contributed by atoms with Crippen molar-refractivity contribution >= 4 is 57.7 Å². The minimum absolute atomic E-state index is 0.0433. The smallest absolute Gasteiger partial charge is 0.327 e. The van der Waals surface area contributed by atoms with Crippen LogP contribution in [0.5, 0.6) is 5.75 Å². The van der Waals surface area contributed by atoms with Gasteiger partial charge in [0.2, 0.25) is 0 Å². The third-order valence-electron chi connectivity index (χ3n) is 7.17. The molecule has 0 radical (unpaired) electrons. The molecule has 36 heavy (non-hydrogen) atoms. The lowest BCUT2D eigenvalue weighted by Crippen LogP contribution is -2.53. The van der Waals surface area contributed by atoms with Crippen LogP contribution < -0.4 is 4.74 Å². The van der Waals surface area contributed by atoms with Crippen molar-refractivity contribution in [3.63, 3.8) is 0 Å². The van der Waals surface area contributed by atoms with Crippen LogP contribution in [-0.4, -0.2) is 39.7 Å². The first-order valence-electron chi connectivity index (χ1n) is 11.9. The third-order valence-corrected chi connectivity index (χ3v) is 8.86. The van der Waals surface area contributed by atoms with Crippen LogP contribution in [0.15, 0.2) is 35.5 Å². The van der Waals surface area contributed by atoms with Crippen LogP contribution in [0.3, 0.4) is 0 Å². The average Bonchev–Trinajstić information content (AvgIpc) is 3.51. The number of aryl methyl sites for hydroxylation is 1. The normalized spacial score (nSPS) is 22.8. The Morgan fingerprint density at radius 1 is 1.19 bits per heavy atom. The van der Waals surface area contributed by atoms with Gasteiger partial charge in [-0.05, 0) is 55.4 Å². The number of esters is 1. The maximum absolute atomic E-state index is 13.8. The number of aromatic nitrogens is 2. The number of ether oxygens (including phenoxy) is 2. The average molecular weight is 551 g/mol. The molecule has 190 valence electrons. The van der Waals surface area contributed by atoms with Gasteiger partial charge in [0.1, 0.15) is 17.2 Å². The maximum atomic E-state index is 13.8. The molecule has 0 amide bonds. The Labute approximate surface area is 222 Å². The van der Waals surface area contributed by atoms with E-state index in [-0.39, 0.29) is 23.1 Å². The number of carbonyl (C=O) groups is 2. The number of rotatable bonds is 7. The molecular formula is C26H25Cl2FN2O4S. The van der Waals surface area contributed by atoms with Gasteiger partial charge in [0.05, 0.1) is 28.2 Å². The molecule has 2 fully saturated rings. The van der Waals surface area contributed by atoms with Gasteiger partial charge >= 0.3 is 5.97 Å². The van der Waals surface area contributed by atoms with Crippen molar-refractivity contribution in [2.24, 2.45) is 5.92 Å². The number of Topliss-reactive ketones (excluding diaryl/α,β-unsaturated/α-hetero) is 1. The molecule has 1 saturated heterocycles. The van der Waals surface area contributed by atoms with Crippen LogP contribution in [0, 0.1) is 11.7 Å². The van der Waals surface area contributed by atoms with E-state index in [1.54, 1.807) is 7.11 Å².